The molecule has 188 valence electrons. The van der Waals surface area contributed by atoms with E-state index in [-0.39, 0.29) is 0 Å². The van der Waals surface area contributed by atoms with Crippen molar-refractivity contribution in [2.45, 2.75) is 0 Å². The Morgan fingerprint density at radius 2 is 0.943 bits per heavy atom. The van der Waals surface area contributed by atoms with Crippen molar-refractivity contribution in [3.05, 3.63) is 77.4 Å². The largest absolute Gasteiger partial charge is 0.496 e. The zero-order valence-electron chi connectivity index (χ0n) is 20.4. The summed E-state index contributed by atoms with van der Waals surface area (Å²) < 4.78 is 59.0. The molecule has 0 aliphatic heterocycles. The van der Waals surface area contributed by atoms with E-state index in [1.54, 1.807) is 28.4 Å². The zero-order chi connectivity index (χ0) is 26.2. The Morgan fingerprint density at radius 1 is 0.629 bits per heavy atom. The molecule has 0 heterocycles. The van der Waals surface area contributed by atoms with Crippen LogP contribution in [0, 0.1) is 10.2 Å². The van der Waals surface area contributed by atoms with Gasteiger partial charge in [0.1, 0.15) is 37.1 Å². The highest BCUT2D eigenvalue weighted by Gasteiger charge is 2.25. The molecule has 0 bridgehead atoms. The van der Waals surface area contributed by atoms with Crippen molar-refractivity contribution >= 4 is 11.3 Å². The van der Waals surface area contributed by atoms with Gasteiger partial charge in [-0.15, -0.1) is 10.2 Å². The van der Waals surface area contributed by atoms with E-state index in [4.69, 9.17) is 37.6 Å². The van der Waals surface area contributed by atoms with Crippen LogP contribution in [0.5, 0.6) is 23.0 Å². The average Bonchev–Trinajstić information content (AvgIpc) is 2.83. The summed E-state index contributed by atoms with van der Waals surface area (Å²) in [6.07, 6.45) is 8.34. The van der Waals surface area contributed by atoms with Gasteiger partial charge < -0.3 is 18.9 Å². The number of benzene rings is 2. The van der Waals surface area contributed by atoms with Crippen molar-refractivity contribution in [2.24, 2.45) is 0 Å². The van der Waals surface area contributed by atoms with Crippen molar-refractivity contribution in [1.29, 1.82) is 0 Å². The van der Waals surface area contributed by atoms with Gasteiger partial charge in [-0.3, -0.25) is 0 Å². The molecule has 0 saturated heterocycles. The molecule has 0 saturated carbocycles. The molecule has 0 atom stereocenters. The highest BCUT2D eigenvalue weighted by Crippen LogP contribution is 2.46. The summed E-state index contributed by atoms with van der Waals surface area (Å²) in [5, 5.41) is 0. The SMILES string of the molecule is COc1cccc(OC)c1C(=C1C=CC(=[N+](C)C)C=C1)c1c(OC)cccc1OC.[O-][Cl+3]([O-])([O-])[O-]. The van der Waals surface area contributed by atoms with Crippen molar-refractivity contribution in [2.75, 3.05) is 42.5 Å². The molecule has 2 aromatic rings. The fourth-order valence-corrected chi connectivity index (χ4v) is 3.54. The van der Waals surface area contributed by atoms with Gasteiger partial charge in [0, 0.05) is 17.7 Å². The second-order valence-corrected chi connectivity index (χ2v) is 8.03. The number of allylic oxidation sites excluding steroid dienone is 5. The van der Waals surface area contributed by atoms with E-state index in [2.05, 4.69) is 28.9 Å². The summed E-state index contributed by atoms with van der Waals surface area (Å²) in [6.45, 7) is 0. The first-order chi connectivity index (χ1) is 16.5. The van der Waals surface area contributed by atoms with E-state index in [1.165, 1.54) is 0 Å². The lowest BCUT2D eigenvalue weighted by Crippen LogP contribution is -2.68. The summed E-state index contributed by atoms with van der Waals surface area (Å²) in [5.41, 5.74) is 4.68. The summed E-state index contributed by atoms with van der Waals surface area (Å²) in [5.74, 6) is 2.81. The lowest BCUT2D eigenvalue weighted by molar-refractivity contribution is -2.00. The minimum Gasteiger partial charge on any atom is -0.496 e. The molecule has 0 spiro atoms. The first-order valence-electron chi connectivity index (χ1n) is 10.2. The molecule has 0 radical (unpaired) electrons. The molecule has 3 rings (SSSR count). The molecule has 10 heteroatoms. The smallest absolute Gasteiger partial charge is 0.199 e. The van der Waals surface area contributed by atoms with Crippen LogP contribution in [-0.2, 0) is 0 Å². The Hall–Kier alpha value is -3.34. The summed E-state index contributed by atoms with van der Waals surface area (Å²) >= 11 is 0. The zero-order valence-corrected chi connectivity index (χ0v) is 21.1. The Kier molecular flexibility index (Phi) is 9.88. The molecule has 2 aromatic carbocycles. The topological polar surface area (TPSA) is 132 Å². The number of hydrogen-bond donors (Lipinski definition) is 0. The van der Waals surface area contributed by atoms with Crippen molar-refractivity contribution < 1.29 is 52.4 Å². The predicted octanol–water partition coefficient (Wildman–Crippen LogP) is -0.394. The maximum absolute atomic E-state index is 8.49. The van der Waals surface area contributed by atoms with Crippen molar-refractivity contribution in [3.63, 3.8) is 0 Å². The van der Waals surface area contributed by atoms with Gasteiger partial charge >= 0.3 is 0 Å². The lowest BCUT2D eigenvalue weighted by Gasteiger charge is -2.22. The van der Waals surface area contributed by atoms with Crippen LogP contribution in [0.1, 0.15) is 11.1 Å². The summed E-state index contributed by atoms with van der Waals surface area (Å²) in [4.78, 5) is 0. The van der Waals surface area contributed by atoms with Gasteiger partial charge in [-0.2, -0.15) is 0 Å². The van der Waals surface area contributed by atoms with Gasteiger partial charge in [-0.25, -0.2) is 23.2 Å². The van der Waals surface area contributed by atoms with Crippen LogP contribution in [-0.4, -0.2) is 52.8 Å². The molecule has 0 aromatic heterocycles. The van der Waals surface area contributed by atoms with Crippen LogP contribution in [0.3, 0.4) is 0 Å². The first-order valence-corrected chi connectivity index (χ1v) is 11.5. The number of hydrogen-bond acceptors (Lipinski definition) is 8. The lowest BCUT2D eigenvalue weighted by atomic mass is 9.88. The van der Waals surface area contributed by atoms with E-state index < -0.39 is 10.2 Å². The molecule has 0 N–H and O–H groups in total. The summed E-state index contributed by atoms with van der Waals surface area (Å²) in [7, 11) is 5.72. The van der Waals surface area contributed by atoms with Crippen LogP contribution in [0.4, 0.5) is 0 Å². The standard InChI is InChI=1S/C25H28NO4.ClHO4/c1-26(2)18-15-13-17(14-16-18)23(24-19(27-3)9-7-10-20(24)28-4)25-21(29-5)11-8-12-22(25)30-6;2-1(3,4)5/h7-16H,1-6H3;(H,2,3,4,5)/q+1;/p-1. The average molecular weight is 506 g/mol. The Bertz CT molecular complexity index is 1030. The molecule has 0 unspecified atom stereocenters. The van der Waals surface area contributed by atoms with Crippen molar-refractivity contribution in [1.82, 2.24) is 0 Å². The van der Waals surface area contributed by atoms with Gasteiger partial charge in [-0.1, -0.05) is 12.1 Å². The Labute approximate surface area is 206 Å². The maximum Gasteiger partial charge on any atom is 0.199 e. The molecule has 35 heavy (non-hydrogen) atoms. The number of nitrogens with zero attached hydrogens (tertiary/aromatic N) is 1. The second kappa shape index (κ2) is 12.4. The van der Waals surface area contributed by atoms with Gasteiger partial charge in [0.05, 0.1) is 39.6 Å². The minimum absolute atomic E-state index is 0.703. The molecular weight excluding hydrogens is 478 g/mol. The second-order valence-electron chi connectivity index (χ2n) is 7.27. The quantitative estimate of drug-likeness (QED) is 0.485. The van der Waals surface area contributed by atoms with Crippen molar-refractivity contribution in [3.8, 4) is 23.0 Å². The predicted molar refractivity (Wildman–Crippen MR) is 121 cm³/mol. The Morgan fingerprint density at radius 3 is 1.20 bits per heavy atom. The molecule has 1 aliphatic rings. The Balaban J connectivity index is 0.000000784. The number of methoxy groups -OCH3 is 4. The first kappa shape index (κ1) is 27.9. The highest BCUT2D eigenvalue weighted by molar-refractivity contribution is 6.04. The van der Waals surface area contributed by atoms with E-state index >= 15 is 0 Å². The van der Waals surface area contributed by atoms with Crippen LogP contribution < -0.4 is 37.6 Å². The van der Waals surface area contributed by atoms with E-state index in [1.807, 2.05) is 50.5 Å². The van der Waals surface area contributed by atoms with Gasteiger partial charge in [0.2, 0.25) is 0 Å². The number of rotatable bonds is 6. The minimum atomic E-state index is -4.94. The van der Waals surface area contributed by atoms with E-state index in [0.717, 1.165) is 28.0 Å². The van der Waals surface area contributed by atoms with E-state index in [0.29, 0.717) is 23.0 Å². The van der Waals surface area contributed by atoms with Gasteiger partial charge in [-0.05, 0) is 42.0 Å². The fraction of sp³-hybridized carbons (Fsp3) is 0.240. The van der Waals surface area contributed by atoms with Crippen LogP contribution in [0.15, 0.2) is 66.3 Å². The molecule has 0 fully saturated rings. The molecule has 1 aliphatic carbocycles. The summed E-state index contributed by atoms with van der Waals surface area (Å²) in [6, 6.07) is 11.5. The van der Waals surface area contributed by atoms with Crippen LogP contribution in [0.2, 0.25) is 0 Å². The molecule has 9 nitrogen and oxygen atoms in total. The molecule has 0 amide bonds. The van der Waals surface area contributed by atoms with Crippen LogP contribution in [0.25, 0.3) is 5.57 Å². The van der Waals surface area contributed by atoms with Gasteiger partial charge in [0.15, 0.2) is 5.71 Å². The van der Waals surface area contributed by atoms with Gasteiger partial charge in [0.25, 0.3) is 0 Å². The van der Waals surface area contributed by atoms with Crippen LogP contribution >= 0.6 is 0 Å². The third-order valence-electron chi connectivity index (χ3n) is 5.03. The maximum atomic E-state index is 8.49. The fourth-order valence-electron chi connectivity index (χ4n) is 3.54. The monoisotopic (exact) mass is 505 g/mol. The highest BCUT2D eigenvalue weighted by atomic mass is 35.7. The third kappa shape index (κ3) is 7.32. The van der Waals surface area contributed by atoms with E-state index in [9.17, 15) is 0 Å². The third-order valence-corrected chi connectivity index (χ3v) is 5.03. The number of halogens is 1. The normalized spacial score (nSPS) is 12.5. The molecular formula is C25H28ClNO8. The number of ether oxygens (including phenoxy) is 4.